The molecule has 2 heteroatoms. The van der Waals surface area contributed by atoms with Crippen LogP contribution in [0.25, 0.3) is 0 Å². The molecule has 1 saturated carbocycles. The van der Waals surface area contributed by atoms with Gasteiger partial charge in [0.25, 0.3) is 0 Å². The topological polar surface area (TPSA) is 26.3 Å². The van der Waals surface area contributed by atoms with Crippen LogP contribution in [0, 0.1) is 6.92 Å². The third-order valence-electron chi connectivity index (χ3n) is 2.93. The summed E-state index contributed by atoms with van der Waals surface area (Å²) in [6, 6.07) is 5.58. The number of benzene rings is 1. The molecule has 2 rings (SSSR count). The molecule has 0 aromatic heterocycles. The van der Waals surface area contributed by atoms with E-state index in [1.54, 1.807) is 0 Å². The van der Waals surface area contributed by atoms with Crippen LogP contribution in [-0.2, 0) is 0 Å². The van der Waals surface area contributed by atoms with Gasteiger partial charge in [0.1, 0.15) is 12.0 Å². The van der Waals surface area contributed by atoms with Gasteiger partial charge in [0.2, 0.25) is 0 Å². The lowest BCUT2D eigenvalue weighted by atomic mass is 10.1. The van der Waals surface area contributed by atoms with Crippen molar-refractivity contribution in [3.05, 3.63) is 29.3 Å². The average molecular weight is 204 g/mol. The maximum Gasteiger partial charge on any atom is 0.150 e. The Morgan fingerprint density at radius 2 is 2.07 bits per heavy atom. The minimum atomic E-state index is 0.380. The summed E-state index contributed by atoms with van der Waals surface area (Å²) in [7, 11) is 0. The third-order valence-corrected chi connectivity index (χ3v) is 2.93. The molecule has 0 spiro atoms. The number of rotatable bonds is 3. The lowest BCUT2D eigenvalue weighted by Gasteiger charge is -2.15. The molecular formula is C13H16O2. The van der Waals surface area contributed by atoms with Crippen LogP contribution in [0.2, 0.25) is 0 Å². The minimum Gasteiger partial charge on any atom is -0.490 e. The van der Waals surface area contributed by atoms with Gasteiger partial charge in [-0.25, -0.2) is 0 Å². The summed E-state index contributed by atoms with van der Waals surface area (Å²) in [5.41, 5.74) is 1.76. The SMILES string of the molecule is Cc1cc(C=O)ccc1OC1CCCC1. The molecule has 2 nitrogen and oxygen atoms in total. The van der Waals surface area contributed by atoms with Crippen LogP contribution in [0.1, 0.15) is 41.6 Å². The Bertz CT molecular complexity index is 352. The van der Waals surface area contributed by atoms with Crippen LogP contribution in [0.5, 0.6) is 5.75 Å². The molecule has 0 heterocycles. The van der Waals surface area contributed by atoms with Gasteiger partial charge in [0.05, 0.1) is 6.10 Å². The fourth-order valence-corrected chi connectivity index (χ4v) is 2.06. The highest BCUT2D eigenvalue weighted by molar-refractivity contribution is 5.75. The number of hydrogen-bond donors (Lipinski definition) is 0. The summed E-state index contributed by atoms with van der Waals surface area (Å²) in [4.78, 5) is 10.6. The monoisotopic (exact) mass is 204 g/mol. The molecule has 1 fully saturated rings. The van der Waals surface area contributed by atoms with Gasteiger partial charge < -0.3 is 4.74 Å². The van der Waals surface area contributed by atoms with E-state index in [1.165, 1.54) is 12.8 Å². The first kappa shape index (κ1) is 10.2. The predicted molar refractivity (Wildman–Crippen MR) is 59.5 cm³/mol. The summed E-state index contributed by atoms with van der Waals surface area (Å²) in [5.74, 6) is 0.924. The normalized spacial score (nSPS) is 16.6. The first-order valence-electron chi connectivity index (χ1n) is 5.52. The van der Waals surface area contributed by atoms with E-state index in [-0.39, 0.29) is 0 Å². The van der Waals surface area contributed by atoms with Crippen molar-refractivity contribution in [2.24, 2.45) is 0 Å². The zero-order valence-electron chi connectivity index (χ0n) is 9.03. The molecule has 0 radical (unpaired) electrons. The van der Waals surface area contributed by atoms with E-state index in [4.69, 9.17) is 4.74 Å². The quantitative estimate of drug-likeness (QED) is 0.707. The van der Waals surface area contributed by atoms with Gasteiger partial charge in [0, 0.05) is 5.56 Å². The van der Waals surface area contributed by atoms with Gasteiger partial charge in [-0.15, -0.1) is 0 Å². The van der Waals surface area contributed by atoms with Crippen molar-refractivity contribution < 1.29 is 9.53 Å². The average Bonchev–Trinajstić information content (AvgIpc) is 2.74. The Labute approximate surface area is 90.3 Å². The van der Waals surface area contributed by atoms with Crippen LogP contribution in [-0.4, -0.2) is 12.4 Å². The molecule has 0 aliphatic heterocycles. The number of aldehydes is 1. The third kappa shape index (κ3) is 2.38. The predicted octanol–water partition coefficient (Wildman–Crippen LogP) is 3.13. The fraction of sp³-hybridized carbons (Fsp3) is 0.462. The minimum absolute atomic E-state index is 0.380. The largest absolute Gasteiger partial charge is 0.490 e. The summed E-state index contributed by atoms with van der Waals surface area (Å²) >= 11 is 0. The van der Waals surface area contributed by atoms with E-state index in [0.717, 1.165) is 30.4 Å². The van der Waals surface area contributed by atoms with Crippen molar-refractivity contribution >= 4 is 6.29 Å². The molecular weight excluding hydrogens is 188 g/mol. The highest BCUT2D eigenvalue weighted by atomic mass is 16.5. The van der Waals surface area contributed by atoms with Crippen molar-refractivity contribution in [3.8, 4) is 5.75 Å². The second-order valence-electron chi connectivity index (χ2n) is 4.17. The maximum absolute atomic E-state index is 10.6. The van der Waals surface area contributed by atoms with E-state index in [1.807, 2.05) is 25.1 Å². The molecule has 1 aliphatic rings. The van der Waals surface area contributed by atoms with Crippen LogP contribution >= 0.6 is 0 Å². The summed E-state index contributed by atoms with van der Waals surface area (Å²) in [6.07, 6.45) is 6.12. The molecule has 0 amide bonds. The van der Waals surface area contributed by atoms with Gasteiger partial charge in [-0.1, -0.05) is 0 Å². The van der Waals surface area contributed by atoms with Crippen molar-refractivity contribution in [2.75, 3.05) is 0 Å². The van der Waals surface area contributed by atoms with Crippen LogP contribution in [0.3, 0.4) is 0 Å². The molecule has 0 saturated heterocycles. The first-order valence-corrected chi connectivity index (χ1v) is 5.52. The molecule has 0 unspecified atom stereocenters. The smallest absolute Gasteiger partial charge is 0.150 e. The zero-order chi connectivity index (χ0) is 10.7. The highest BCUT2D eigenvalue weighted by Gasteiger charge is 2.17. The standard InChI is InChI=1S/C13H16O2/c1-10-8-11(9-14)6-7-13(10)15-12-4-2-3-5-12/h6-9,12H,2-5H2,1H3. The molecule has 0 N–H and O–H groups in total. The van der Waals surface area contributed by atoms with E-state index < -0.39 is 0 Å². The maximum atomic E-state index is 10.6. The second-order valence-corrected chi connectivity index (χ2v) is 4.17. The van der Waals surface area contributed by atoms with E-state index >= 15 is 0 Å². The number of aryl methyl sites for hydroxylation is 1. The van der Waals surface area contributed by atoms with Gasteiger partial charge in [-0.05, 0) is 56.4 Å². The molecule has 0 atom stereocenters. The second kappa shape index (κ2) is 4.47. The highest BCUT2D eigenvalue weighted by Crippen LogP contribution is 2.26. The Hall–Kier alpha value is -1.31. The van der Waals surface area contributed by atoms with Crippen molar-refractivity contribution in [2.45, 2.75) is 38.7 Å². The van der Waals surface area contributed by atoms with Crippen LogP contribution < -0.4 is 4.74 Å². The number of hydrogen-bond acceptors (Lipinski definition) is 2. The van der Waals surface area contributed by atoms with Crippen molar-refractivity contribution in [1.82, 2.24) is 0 Å². The lowest BCUT2D eigenvalue weighted by Crippen LogP contribution is -2.11. The summed E-state index contributed by atoms with van der Waals surface area (Å²) in [6.45, 7) is 1.98. The number of carbonyl (C=O) groups is 1. The Morgan fingerprint density at radius 3 is 2.67 bits per heavy atom. The summed E-state index contributed by atoms with van der Waals surface area (Å²) in [5, 5.41) is 0. The Morgan fingerprint density at radius 1 is 1.33 bits per heavy atom. The lowest BCUT2D eigenvalue weighted by molar-refractivity contribution is 0.112. The zero-order valence-corrected chi connectivity index (χ0v) is 9.03. The van der Waals surface area contributed by atoms with E-state index in [2.05, 4.69) is 0 Å². The van der Waals surface area contributed by atoms with Gasteiger partial charge in [-0.3, -0.25) is 4.79 Å². The van der Waals surface area contributed by atoms with Gasteiger partial charge in [0.15, 0.2) is 0 Å². The van der Waals surface area contributed by atoms with Gasteiger partial charge in [-0.2, -0.15) is 0 Å². The van der Waals surface area contributed by atoms with E-state index in [9.17, 15) is 4.79 Å². The van der Waals surface area contributed by atoms with Crippen LogP contribution in [0.15, 0.2) is 18.2 Å². The Balaban J connectivity index is 2.10. The van der Waals surface area contributed by atoms with Gasteiger partial charge >= 0.3 is 0 Å². The molecule has 1 aromatic carbocycles. The molecule has 80 valence electrons. The van der Waals surface area contributed by atoms with Crippen LogP contribution in [0.4, 0.5) is 0 Å². The van der Waals surface area contributed by atoms with Crippen molar-refractivity contribution in [1.29, 1.82) is 0 Å². The molecule has 1 aliphatic carbocycles. The fourth-order valence-electron chi connectivity index (χ4n) is 2.06. The summed E-state index contributed by atoms with van der Waals surface area (Å²) < 4.78 is 5.89. The number of ether oxygens (including phenoxy) is 1. The van der Waals surface area contributed by atoms with E-state index in [0.29, 0.717) is 11.7 Å². The van der Waals surface area contributed by atoms with Crippen molar-refractivity contribution in [3.63, 3.8) is 0 Å². The first-order chi connectivity index (χ1) is 7.29. The number of carbonyl (C=O) groups excluding carboxylic acids is 1. The Kier molecular flexibility index (Phi) is 3.05. The molecule has 0 bridgehead atoms. The molecule has 1 aromatic rings. The molecule has 15 heavy (non-hydrogen) atoms.